The summed E-state index contributed by atoms with van der Waals surface area (Å²) in [6, 6.07) is 7.35. The Hall–Kier alpha value is -2.67. The molecular weight excluding hydrogens is 350 g/mol. The zero-order chi connectivity index (χ0) is 19.4. The first-order chi connectivity index (χ1) is 13.1. The van der Waals surface area contributed by atoms with Gasteiger partial charge in [-0.25, -0.2) is 0 Å². The van der Waals surface area contributed by atoms with Crippen LogP contribution in [-0.2, 0) is 4.79 Å². The zero-order valence-corrected chi connectivity index (χ0v) is 15.8. The van der Waals surface area contributed by atoms with Crippen LogP contribution >= 0.6 is 0 Å². The molecule has 1 aliphatic rings. The Morgan fingerprint density at radius 3 is 2.33 bits per heavy atom. The molecule has 1 aromatic heterocycles. The topological polar surface area (TPSA) is 81.4 Å². The highest BCUT2D eigenvalue weighted by Gasteiger charge is 2.34. The van der Waals surface area contributed by atoms with Crippen LogP contribution in [0.4, 0.5) is 0 Å². The van der Waals surface area contributed by atoms with Crippen molar-refractivity contribution in [2.75, 3.05) is 34.4 Å². The molecule has 0 bridgehead atoms. The van der Waals surface area contributed by atoms with Gasteiger partial charge in [0.2, 0.25) is 5.75 Å². The number of aliphatic carboxylic acids is 1. The lowest BCUT2D eigenvalue weighted by Crippen LogP contribution is -2.39. The summed E-state index contributed by atoms with van der Waals surface area (Å²) in [5.41, 5.74) is 0.888. The molecule has 1 atom stereocenters. The number of ether oxygens (including phenoxy) is 3. The third kappa shape index (κ3) is 3.73. The van der Waals surface area contributed by atoms with Crippen LogP contribution in [0.25, 0.3) is 0 Å². The lowest BCUT2D eigenvalue weighted by Gasteiger charge is -2.36. The van der Waals surface area contributed by atoms with Crippen molar-refractivity contribution in [2.24, 2.45) is 5.92 Å². The number of rotatable bonds is 7. The molecule has 7 heteroatoms. The van der Waals surface area contributed by atoms with E-state index in [1.807, 2.05) is 24.3 Å². The van der Waals surface area contributed by atoms with E-state index in [2.05, 4.69) is 4.90 Å². The van der Waals surface area contributed by atoms with Crippen molar-refractivity contribution < 1.29 is 28.5 Å². The van der Waals surface area contributed by atoms with Crippen molar-refractivity contribution in [1.29, 1.82) is 0 Å². The van der Waals surface area contributed by atoms with Crippen molar-refractivity contribution in [3.05, 3.63) is 41.9 Å². The Labute approximate surface area is 158 Å². The number of likely N-dealkylation sites (tertiary alicyclic amines) is 1. The number of furan rings is 1. The van der Waals surface area contributed by atoms with E-state index in [-0.39, 0.29) is 12.0 Å². The molecule has 1 fully saturated rings. The predicted molar refractivity (Wildman–Crippen MR) is 98.6 cm³/mol. The second-order valence-electron chi connectivity index (χ2n) is 6.49. The maximum Gasteiger partial charge on any atom is 0.306 e. The molecule has 2 aromatic rings. The Balaban J connectivity index is 2.02. The summed E-state index contributed by atoms with van der Waals surface area (Å²) in [6.07, 6.45) is 2.84. The molecule has 2 heterocycles. The van der Waals surface area contributed by atoms with E-state index in [0.717, 1.165) is 11.3 Å². The van der Waals surface area contributed by atoms with Gasteiger partial charge in [0.1, 0.15) is 5.76 Å². The Morgan fingerprint density at radius 1 is 1.11 bits per heavy atom. The largest absolute Gasteiger partial charge is 0.493 e. The molecule has 146 valence electrons. The van der Waals surface area contributed by atoms with Crippen LogP contribution in [0.5, 0.6) is 17.2 Å². The monoisotopic (exact) mass is 375 g/mol. The fourth-order valence-electron chi connectivity index (χ4n) is 3.72. The van der Waals surface area contributed by atoms with Gasteiger partial charge in [0, 0.05) is 18.7 Å². The van der Waals surface area contributed by atoms with Gasteiger partial charge in [0.05, 0.1) is 39.6 Å². The number of nitrogens with zero attached hydrogens (tertiary/aromatic N) is 1. The van der Waals surface area contributed by atoms with E-state index in [1.165, 1.54) is 0 Å². The minimum absolute atomic E-state index is 0.204. The zero-order valence-electron chi connectivity index (χ0n) is 15.8. The van der Waals surface area contributed by atoms with Crippen molar-refractivity contribution in [3.63, 3.8) is 0 Å². The van der Waals surface area contributed by atoms with Gasteiger partial charge in [-0.3, -0.25) is 9.69 Å². The van der Waals surface area contributed by atoms with Gasteiger partial charge in [0.25, 0.3) is 0 Å². The summed E-state index contributed by atoms with van der Waals surface area (Å²) in [6.45, 7) is 1.31. The maximum atomic E-state index is 11.3. The number of hydrogen-bond donors (Lipinski definition) is 1. The molecule has 0 saturated carbocycles. The smallest absolute Gasteiger partial charge is 0.306 e. The van der Waals surface area contributed by atoms with E-state index in [4.69, 9.17) is 18.6 Å². The van der Waals surface area contributed by atoms with E-state index in [9.17, 15) is 9.90 Å². The minimum atomic E-state index is -0.729. The first kappa shape index (κ1) is 19.1. The van der Waals surface area contributed by atoms with Gasteiger partial charge < -0.3 is 23.7 Å². The highest BCUT2D eigenvalue weighted by molar-refractivity contribution is 5.70. The Bertz CT molecular complexity index is 765. The standard InChI is InChI=1S/C20H25NO6/c1-24-16-7-6-14(18(25-2)19(16)26-3)17(15-5-4-12-27-15)21-10-8-13(9-11-21)20(22)23/h4-7,12-13,17H,8-11H2,1-3H3,(H,22,23). The Kier molecular flexibility index (Phi) is 5.91. The molecular formula is C20H25NO6. The number of carbonyl (C=O) groups is 1. The van der Waals surface area contributed by atoms with Gasteiger partial charge in [-0.1, -0.05) is 0 Å². The molecule has 7 nitrogen and oxygen atoms in total. The van der Waals surface area contributed by atoms with Gasteiger partial charge in [-0.15, -0.1) is 0 Å². The number of hydrogen-bond acceptors (Lipinski definition) is 6. The van der Waals surface area contributed by atoms with Crippen LogP contribution in [0.1, 0.15) is 30.2 Å². The van der Waals surface area contributed by atoms with Crippen LogP contribution in [0.15, 0.2) is 34.9 Å². The molecule has 0 amide bonds. The number of carboxylic acids is 1. The normalized spacial score (nSPS) is 16.7. The van der Waals surface area contributed by atoms with Gasteiger partial charge in [0.15, 0.2) is 11.5 Å². The van der Waals surface area contributed by atoms with E-state index >= 15 is 0 Å². The molecule has 0 aliphatic carbocycles. The number of piperidine rings is 1. The average Bonchev–Trinajstić information content (AvgIpc) is 3.22. The highest BCUT2D eigenvalue weighted by atomic mass is 16.5. The van der Waals surface area contributed by atoms with Crippen molar-refractivity contribution in [3.8, 4) is 17.2 Å². The SMILES string of the molecule is COc1ccc(C(c2ccco2)N2CCC(C(=O)O)CC2)c(OC)c1OC. The number of carboxylic acid groups (broad SMARTS) is 1. The number of methoxy groups -OCH3 is 3. The molecule has 1 aromatic carbocycles. The summed E-state index contributed by atoms with van der Waals surface area (Å²) in [5.74, 6) is 1.43. The van der Waals surface area contributed by atoms with Crippen molar-refractivity contribution in [1.82, 2.24) is 4.90 Å². The summed E-state index contributed by atoms with van der Waals surface area (Å²) in [7, 11) is 4.75. The Morgan fingerprint density at radius 2 is 1.81 bits per heavy atom. The maximum absolute atomic E-state index is 11.3. The fraction of sp³-hybridized carbons (Fsp3) is 0.450. The van der Waals surface area contributed by atoms with Gasteiger partial charge >= 0.3 is 5.97 Å². The van der Waals surface area contributed by atoms with Gasteiger partial charge in [-0.2, -0.15) is 0 Å². The fourth-order valence-corrected chi connectivity index (χ4v) is 3.72. The molecule has 0 spiro atoms. The summed E-state index contributed by atoms with van der Waals surface area (Å²) in [4.78, 5) is 13.5. The first-order valence-corrected chi connectivity index (χ1v) is 8.89. The lowest BCUT2D eigenvalue weighted by atomic mass is 9.93. The molecule has 1 saturated heterocycles. The van der Waals surface area contributed by atoms with Crippen molar-refractivity contribution >= 4 is 5.97 Å². The molecule has 27 heavy (non-hydrogen) atoms. The van der Waals surface area contributed by atoms with Crippen LogP contribution in [0.2, 0.25) is 0 Å². The lowest BCUT2D eigenvalue weighted by molar-refractivity contribution is -0.143. The summed E-state index contributed by atoms with van der Waals surface area (Å²) in [5, 5.41) is 9.28. The predicted octanol–water partition coefficient (Wildman–Crippen LogP) is 3.19. The van der Waals surface area contributed by atoms with Crippen LogP contribution in [0.3, 0.4) is 0 Å². The third-order valence-corrected chi connectivity index (χ3v) is 5.09. The van der Waals surface area contributed by atoms with E-state index < -0.39 is 5.97 Å². The second-order valence-corrected chi connectivity index (χ2v) is 6.49. The first-order valence-electron chi connectivity index (χ1n) is 8.89. The third-order valence-electron chi connectivity index (χ3n) is 5.09. The minimum Gasteiger partial charge on any atom is -0.493 e. The van der Waals surface area contributed by atoms with E-state index in [0.29, 0.717) is 43.2 Å². The average molecular weight is 375 g/mol. The molecule has 1 unspecified atom stereocenters. The molecule has 0 radical (unpaired) electrons. The van der Waals surface area contributed by atoms with Crippen LogP contribution in [-0.4, -0.2) is 50.4 Å². The van der Waals surface area contributed by atoms with E-state index in [1.54, 1.807) is 27.6 Å². The molecule has 3 rings (SSSR count). The van der Waals surface area contributed by atoms with Crippen LogP contribution in [0, 0.1) is 5.92 Å². The molecule has 1 N–H and O–H groups in total. The van der Waals surface area contributed by atoms with Crippen molar-refractivity contribution in [2.45, 2.75) is 18.9 Å². The summed E-state index contributed by atoms with van der Waals surface area (Å²) < 4.78 is 22.3. The quantitative estimate of drug-likeness (QED) is 0.796. The number of benzene rings is 1. The second kappa shape index (κ2) is 8.35. The van der Waals surface area contributed by atoms with Crippen LogP contribution < -0.4 is 14.2 Å². The highest BCUT2D eigenvalue weighted by Crippen LogP contribution is 2.45. The van der Waals surface area contributed by atoms with Gasteiger partial charge in [-0.05, 0) is 37.1 Å². The summed E-state index contributed by atoms with van der Waals surface area (Å²) >= 11 is 0. The molecule has 1 aliphatic heterocycles.